The third kappa shape index (κ3) is 3.70. The number of nitroso groups, excluding NO2 is 1. The van der Waals surface area contributed by atoms with E-state index >= 15 is 0 Å². The number of carboxylic acids is 1. The first-order valence-electron chi connectivity index (χ1n) is 6.13. The third-order valence-electron chi connectivity index (χ3n) is 3.24. The molecule has 1 heterocycles. The molecular weight excluding hydrogens is 291 g/mol. The Labute approximate surface area is 143 Å². The minimum atomic E-state index is -1.45. The number of carbonyl (C=O) groups is 2. The Morgan fingerprint density at radius 2 is 2.00 bits per heavy atom. The van der Waals surface area contributed by atoms with E-state index in [0.717, 1.165) is 6.08 Å². The summed E-state index contributed by atoms with van der Waals surface area (Å²) in [4.78, 5) is 33.3. The molecule has 0 aromatic heterocycles. The molecule has 4 atom stereocenters. The van der Waals surface area contributed by atoms with Gasteiger partial charge < -0.3 is 24.7 Å². The number of ether oxygens (including phenoxy) is 2. The first-order valence-corrected chi connectivity index (χ1v) is 6.13. The van der Waals surface area contributed by atoms with Gasteiger partial charge in [0.05, 0.1) is 12.0 Å². The van der Waals surface area contributed by atoms with E-state index in [4.69, 9.17) is 9.47 Å². The Morgan fingerprint density at radius 3 is 2.48 bits per heavy atom. The van der Waals surface area contributed by atoms with Crippen LogP contribution in [-0.2, 0) is 19.1 Å². The first kappa shape index (κ1) is 18.2. The molecule has 2 rings (SSSR count). The molecule has 0 radical (unpaired) electrons. The Balaban J connectivity index is 0.00000220. The van der Waals surface area contributed by atoms with Crippen molar-refractivity contribution in [3.8, 4) is 0 Å². The van der Waals surface area contributed by atoms with Crippen LogP contribution in [0.2, 0.25) is 0 Å². The van der Waals surface area contributed by atoms with Crippen molar-refractivity contribution in [3.05, 3.63) is 16.6 Å². The normalized spacial score (nSPS) is 33.2. The van der Waals surface area contributed by atoms with Crippen LogP contribution in [0.1, 0.15) is 20.8 Å². The average Bonchev–Trinajstić information content (AvgIpc) is 2.63. The van der Waals surface area contributed by atoms with Crippen LogP contribution in [0.15, 0.2) is 16.8 Å². The topological polar surface area (TPSA) is 117 Å². The number of hydrogen-bond acceptors (Lipinski definition) is 7. The van der Waals surface area contributed by atoms with Gasteiger partial charge in [0.25, 0.3) is 0 Å². The van der Waals surface area contributed by atoms with Gasteiger partial charge in [-0.15, -0.1) is 0 Å². The van der Waals surface area contributed by atoms with E-state index in [2.05, 4.69) is 10.5 Å². The minimum absolute atomic E-state index is 0. The van der Waals surface area contributed by atoms with E-state index in [1.807, 2.05) is 0 Å². The molecule has 0 aromatic carbocycles. The summed E-state index contributed by atoms with van der Waals surface area (Å²) in [6.45, 7) is 4.52. The molecule has 1 amide bonds. The summed E-state index contributed by atoms with van der Waals surface area (Å²) in [7, 11) is 0. The summed E-state index contributed by atoms with van der Waals surface area (Å²) in [5, 5.41) is 16.6. The van der Waals surface area contributed by atoms with Crippen molar-refractivity contribution in [1.29, 1.82) is 0 Å². The maximum Gasteiger partial charge on any atom is 1.00 e. The Kier molecular flexibility index (Phi) is 5.68. The molecule has 110 valence electrons. The van der Waals surface area contributed by atoms with Gasteiger partial charge in [0, 0.05) is 12.5 Å². The van der Waals surface area contributed by atoms with Crippen molar-refractivity contribution >= 4 is 11.9 Å². The summed E-state index contributed by atoms with van der Waals surface area (Å²) < 4.78 is 11.1. The third-order valence-corrected chi connectivity index (χ3v) is 3.24. The number of rotatable bonds is 3. The van der Waals surface area contributed by atoms with E-state index in [-0.39, 0.29) is 41.0 Å². The molecule has 0 bridgehead atoms. The number of aliphatic carboxylic acids is 1. The molecule has 1 unspecified atom stereocenters. The molecule has 2 aliphatic rings. The van der Waals surface area contributed by atoms with Crippen LogP contribution in [0, 0.1) is 4.91 Å². The monoisotopic (exact) mass is 306 g/mol. The fraction of sp³-hybridized carbons (Fsp3) is 0.667. The van der Waals surface area contributed by atoms with Crippen LogP contribution in [0.3, 0.4) is 0 Å². The summed E-state index contributed by atoms with van der Waals surface area (Å²) in [6, 6.07) is -1.83. The molecule has 1 saturated heterocycles. The quantitative estimate of drug-likeness (QED) is 0.418. The number of hydrogen-bond donors (Lipinski definition) is 1. The number of carbonyl (C=O) groups excluding carboxylic acids is 2. The molecule has 0 spiro atoms. The molecule has 0 saturated carbocycles. The summed E-state index contributed by atoms with van der Waals surface area (Å²) in [6.07, 6.45) is -0.575. The van der Waals surface area contributed by atoms with E-state index in [1.165, 1.54) is 6.92 Å². The van der Waals surface area contributed by atoms with Crippen molar-refractivity contribution in [1.82, 2.24) is 5.32 Å². The summed E-state index contributed by atoms with van der Waals surface area (Å²) in [5.41, 5.74) is -0.188. The van der Waals surface area contributed by atoms with Gasteiger partial charge in [0.2, 0.25) is 5.91 Å². The maximum atomic E-state index is 11.2. The largest absolute Gasteiger partial charge is 1.00 e. The second-order valence-electron chi connectivity index (χ2n) is 5.25. The predicted molar refractivity (Wildman–Crippen MR) is 64.1 cm³/mol. The van der Waals surface area contributed by atoms with Crippen molar-refractivity contribution in [2.45, 2.75) is 50.8 Å². The Hall–Kier alpha value is -0.800. The van der Waals surface area contributed by atoms with Gasteiger partial charge in [-0.1, -0.05) is 5.18 Å². The summed E-state index contributed by atoms with van der Waals surface area (Å²) >= 11 is 0. The molecular formula is C12H15N2NaO6. The molecule has 0 aromatic rings. The predicted octanol–water partition coefficient (Wildman–Crippen LogP) is -4.16. The van der Waals surface area contributed by atoms with Crippen LogP contribution in [0.5, 0.6) is 0 Å². The summed E-state index contributed by atoms with van der Waals surface area (Å²) in [5.74, 6) is -2.85. The zero-order valence-corrected chi connectivity index (χ0v) is 14.3. The van der Waals surface area contributed by atoms with Crippen LogP contribution in [0.4, 0.5) is 0 Å². The Bertz CT molecular complexity index is 492. The molecule has 1 aliphatic carbocycles. The molecule has 8 nitrogen and oxygen atoms in total. The van der Waals surface area contributed by atoms with E-state index in [9.17, 15) is 19.6 Å². The fourth-order valence-corrected chi connectivity index (χ4v) is 2.55. The number of amides is 1. The van der Waals surface area contributed by atoms with Crippen LogP contribution in [0.25, 0.3) is 0 Å². The van der Waals surface area contributed by atoms with Crippen molar-refractivity contribution < 1.29 is 53.7 Å². The van der Waals surface area contributed by atoms with Crippen LogP contribution < -0.4 is 40.0 Å². The van der Waals surface area contributed by atoms with Gasteiger partial charge in [0.15, 0.2) is 5.79 Å². The molecule has 1 fully saturated rings. The van der Waals surface area contributed by atoms with Crippen molar-refractivity contribution in [3.63, 3.8) is 0 Å². The van der Waals surface area contributed by atoms with Gasteiger partial charge in [0.1, 0.15) is 18.2 Å². The van der Waals surface area contributed by atoms with Gasteiger partial charge in [-0.2, -0.15) is 4.91 Å². The zero-order valence-electron chi connectivity index (χ0n) is 12.3. The zero-order chi connectivity index (χ0) is 15.1. The average molecular weight is 306 g/mol. The van der Waals surface area contributed by atoms with Crippen molar-refractivity contribution in [2.24, 2.45) is 5.18 Å². The first-order chi connectivity index (χ1) is 9.25. The smallest absolute Gasteiger partial charge is 0.545 e. The van der Waals surface area contributed by atoms with Crippen LogP contribution in [-0.4, -0.2) is 42.0 Å². The fourth-order valence-electron chi connectivity index (χ4n) is 2.55. The SMILES string of the molecule is CC(=O)N[C@@H]1C(N=O)C=C(C(=O)[O-])[C@H]2OC(C)(C)O[C@H]21.[Na+]. The second kappa shape index (κ2) is 6.53. The van der Waals surface area contributed by atoms with E-state index in [0.29, 0.717) is 0 Å². The van der Waals surface area contributed by atoms with E-state index in [1.54, 1.807) is 13.8 Å². The minimum Gasteiger partial charge on any atom is -0.545 e. The maximum absolute atomic E-state index is 11.2. The molecule has 21 heavy (non-hydrogen) atoms. The van der Waals surface area contributed by atoms with Gasteiger partial charge in [-0.05, 0) is 19.9 Å². The number of nitrogens with zero attached hydrogens (tertiary/aromatic N) is 1. The second-order valence-corrected chi connectivity index (χ2v) is 5.25. The standard InChI is InChI=1S/C12H16N2O6.Na/c1-5(15)13-8-7(14-18)4-6(11(16)17)9-10(8)20-12(2,3)19-9;/h4,7-10H,1-3H3,(H,13,15)(H,16,17);/q;+1/p-1/t7?,8-,9-,10+;/m1./s1. The molecule has 9 heteroatoms. The number of nitrogens with one attached hydrogen (secondary N) is 1. The van der Waals surface area contributed by atoms with Gasteiger partial charge in [-0.25, -0.2) is 0 Å². The van der Waals surface area contributed by atoms with Gasteiger partial charge >= 0.3 is 29.6 Å². The van der Waals surface area contributed by atoms with Crippen molar-refractivity contribution in [2.75, 3.05) is 0 Å². The number of carboxylic acid groups (broad SMARTS) is 1. The molecule has 1 aliphatic heterocycles. The van der Waals surface area contributed by atoms with E-state index < -0.39 is 36.0 Å². The Morgan fingerprint density at radius 1 is 1.38 bits per heavy atom. The van der Waals surface area contributed by atoms with Crippen LogP contribution >= 0.6 is 0 Å². The van der Waals surface area contributed by atoms with Gasteiger partial charge in [-0.3, -0.25) is 4.79 Å². The molecule has 1 N–H and O–H groups in total. The number of fused-ring (bicyclic) bond motifs is 1.